The van der Waals surface area contributed by atoms with Crippen LogP contribution in [0, 0.1) is 10.1 Å². The van der Waals surface area contributed by atoms with Gasteiger partial charge in [0.2, 0.25) is 5.91 Å². The second-order valence-electron chi connectivity index (χ2n) is 7.96. The van der Waals surface area contributed by atoms with Crippen LogP contribution in [-0.2, 0) is 35.3 Å². The number of non-ortho nitro benzene ring substituents is 1. The molecule has 1 saturated heterocycles. The molecule has 1 aromatic heterocycles. The number of carbonyl (C=O) groups is 4. The Hall–Kier alpha value is -3.71. The van der Waals surface area contributed by atoms with Gasteiger partial charge in [0.05, 0.1) is 9.92 Å². The summed E-state index contributed by atoms with van der Waals surface area (Å²) in [5.74, 6) is -2.02. The topological polar surface area (TPSA) is 136 Å². The maximum atomic E-state index is 13.3. The van der Waals surface area contributed by atoms with Gasteiger partial charge in [-0.1, -0.05) is 0 Å². The Balaban J connectivity index is 1.55. The van der Waals surface area contributed by atoms with Gasteiger partial charge in [-0.15, -0.1) is 23.1 Å². The Kier molecular flexibility index (Phi) is 7.40. The molecular formula is C23H21N3O8S2. The van der Waals surface area contributed by atoms with Gasteiger partial charge in [-0.05, 0) is 40.6 Å². The molecule has 188 valence electrons. The van der Waals surface area contributed by atoms with Gasteiger partial charge in [-0.25, -0.2) is 4.79 Å². The molecule has 0 bridgehead atoms. The summed E-state index contributed by atoms with van der Waals surface area (Å²) in [6, 6.07) is 7.11. The van der Waals surface area contributed by atoms with Crippen molar-refractivity contribution in [2.45, 2.75) is 37.9 Å². The Morgan fingerprint density at radius 2 is 1.83 bits per heavy atom. The number of thioether (sulfide) groups is 1. The summed E-state index contributed by atoms with van der Waals surface area (Å²) in [5, 5.41) is 14.4. The number of benzene rings is 1. The van der Waals surface area contributed by atoms with Crippen LogP contribution in [-0.4, -0.2) is 57.6 Å². The molecule has 11 nitrogen and oxygen atoms in total. The van der Waals surface area contributed by atoms with E-state index in [2.05, 4.69) is 0 Å². The summed E-state index contributed by atoms with van der Waals surface area (Å²) in [6.07, 6.45) is 0. The summed E-state index contributed by atoms with van der Waals surface area (Å²) in [7, 11) is 0. The van der Waals surface area contributed by atoms with Crippen molar-refractivity contribution in [1.29, 1.82) is 0 Å². The molecule has 36 heavy (non-hydrogen) atoms. The Labute approximate surface area is 213 Å². The fourth-order valence-electron chi connectivity index (χ4n) is 3.93. The van der Waals surface area contributed by atoms with E-state index in [1.807, 2.05) is 0 Å². The van der Waals surface area contributed by atoms with Crippen molar-refractivity contribution in [3.8, 4) is 0 Å². The second kappa shape index (κ2) is 10.5. The highest BCUT2D eigenvalue weighted by Crippen LogP contribution is 2.44. The van der Waals surface area contributed by atoms with E-state index in [0.29, 0.717) is 16.1 Å². The molecule has 0 aliphatic carbocycles. The number of nitro benzene ring substituents is 1. The van der Waals surface area contributed by atoms with Crippen molar-refractivity contribution in [2.75, 3.05) is 11.5 Å². The molecular weight excluding hydrogens is 510 g/mol. The van der Waals surface area contributed by atoms with E-state index in [-0.39, 0.29) is 24.8 Å². The summed E-state index contributed by atoms with van der Waals surface area (Å²) in [6.45, 7) is 2.23. The lowest BCUT2D eigenvalue weighted by Gasteiger charge is -2.54. The van der Waals surface area contributed by atoms with E-state index in [1.54, 1.807) is 22.9 Å². The normalized spacial score (nSPS) is 20.5. The number of carbonyl (C=O) groups excluding carboxylic acids is 4. The van der Waals surface area contributed by atoms with Crippen LogP contribution < -0.4 is 4.90 Å². The van der Waals surface area contributed by atoms with Crippen LogP contribution in [0.5, 0.6) is 0 Å². The zero-order valence-electron chi connectivity index (χ0n) is 19.2. The highest BCUT2D eigenvalue weighted by molar-refractivity contribution is 8.03. The maximum Gasteiger partial charge on any atom is 0.333 e. The molecule has 2 aliphatic rings. The monoisotopic (exact) mass is 531 g/mol. The lowest BCUT2D eigenvalue weighted by molar-refractivity contribution is -0.384. The zero-order chi connectivity index (χ0) is 26.0. The Morgan fingerprint density at radius 3 is 2.42 bits per heavy atom. The minimum Gasteiger partial charge on any atom is -0.461 e. The number of rotatable bonds is 8. The van der Waals surface area contributed by atoms with Crippen molar-refractivity contribution >= 4 is 57.5 Å². The number of anilines is 1. The first kappa shape index (κ1) is 25.4. The molecule has 2 aliphatic heterocycles. The second-order valence-corrected chi connectivity index (χ2v) is 9.88. The van der Waals surface area contributed by atoms with Gasteiger partial charge in [0.1, 0.15) is 24.6 Å². The first-order chi connectivity index (χ1) is 17.2. The van der Waals surface area contributed by atoms with Crippen LogP contribution in [0.3, 0.4) is 0 Å². The third-order valence-corrected chi connectivity index (χ3v) is 7.66. The largest absolute Gasteiger partial charge is 0.461 e. The van der Waals surface area contributed by atoms with Crippen LogP contribution in [0.25, 0.3) is 0 Å². The predicted octanol–water partition coefficient (Wildman–Crippen LogP) is 2.85. The minimum atomic E-state index is -1.14. The standard InChI is InChI=1S/C23H21N3O8S2/c1-13(27)24(18-4-3-9-35-18)20-21(29)25-19(16(11-33-14(2)28)12-36-22(20)25)23(30)34-10-15-5-7-17(8-6-15)26(31)32/h3-9,12,19-20,22H,10-11H2,1-2H3/t19?,20?,22-/m1/s1. The molecule has 1 aromatic carbocycles. The summed E-state index contributed by atoms with van der Waals surface area (Å²) in [4.78, 5) is 63.4. The van der Waals surface area contributed by atoms with E-state index < -0.39 is 40.2 Å². The molecule has 0 saturated carbocycles. The number of esters is 2. The van der Waals surface area contributed by atoms with E-state index in [1.165, 1.54) is 71.0 Å². The summed E-state index contributed by atoms with van der Waals surface area (Å²) >= 11 is 2.58. The van der Waals surface area contributed by atoms with Crippen LogP contribution >= 0.6 is 23.1 Å². The lowest BCUT2D eigenvalue weighted by Crippen LogP contribution is -2.74. The quantitative estimate of drug-likeness (QED) is 0.218. The molecule has 2 amide bonds. The van der Waals surface area contributed by atoms with E-state index in [9.17, 15) is 29.3 Å². The molecule has 4 rings (SSSR count). The van der Waals surface area contributed by atoms with Crippen LogP contribution in [0.15, 0.2) is 52.8 Å². The van der Waals surface area contributed by atoms with Gasteiger partial charge in [0.25, 0.3) is 11.6 Å². The van der Waals surface area contributed by atoms with Gasteiger partial charge < -0.3 is 14.4 Å². The molecule has 2 aromatic rings. The highest BCUT2D eigenvalue weighted by Gasteiger charge is 2.58. The maximum absolute atomic E-state index is 13.3. The predicted molar refractivity (Wildman–Crippen MR) is 131 cm³/mol. The van der Waals surface area contributed by atoms with Gasteiger partial charge in [-0.3, -0.25) is 29.4 Å². The number of ether oxygens (including phenoxy) is 2. The number of nitro groups is 1. The Bertz CT molecular complexity index is 1230. The molecule has 1 fully saturated rings. The minimum absolute atomic E-state index is 0.0955. The van der Waals surface area contributed by atoms with Gasteiger partial charge in [0, 0.05) is 31.6 Å². The average molecular weight is 532 g/mol. The van der Waals surface area contributed by atoms with Crippen molar-refractivity contribution in [2.24, 2.45) is 0 Å². The zero-order valence-corrected chi connectivity index (χ0v) is 20.8. The van der Waals surface area contributed by atoms with Crippen LogP contribution in [0.4, 0.5) is 10.7 Å². The lowest BCUT2D eigenvalue weighted by atomic mass is 9.97. The third kappa shape index (κ3) is 4.97. The number of β-lactam (4-membered cyclic amide) rings is 1. The van der Waals surface area contributed by atoms with E-state index in [0.717, 1.165) is 0 Å². The average Bonchev–Trinajstić information content (AvgIpc) is 3.38. The Morgan fingerprint density at radius 1 is 1.11 bits per heavy atom. The third-order valence-electron chi connectivity index (χ3n) is 5.59. The smallest absolute Gasteiger partial charge is 0.333 e. The highest BCUT2D eigenvalue weighted by atomic mass is 32.2. The fourth-order valence-corrected chi connectivity index (χ4v) is 5.99. The summed E-state index contributed by atoms with van der Waals surface area (Å²) < 4.78 is 10.5. The fraction of sp³-hybridized carbons (Fsp3) is 0.304. The number of fused-ring (bicyclic) bond motifs is 1. The van der Waals surface area contributed by atoms with Gasteiger partial charge in [0.15, 0.2) is 6.04 Å². The van der Waals surface area contributed by atoms with Crippen molar-refractivity contribution in [1.82, 2.24) is 4.90 Å². The molecule has 0 N–H and O–H groups in total. The van der Waals surface area contributed by atoms with Crippen molar-refractivity contribution in [3.63, 3.8) is 0 Å². The van der Waals surface area contributed by atoms with Crippen molar-refractivity contribution < 1.29 is 33.6 Å². The number of hydrogen-bond donors (Lipinski definition) is 0. The number of thiophene rings is 1. The van der Waals surface area contributed by atoms with Crippen LogP contribution in [0.2, 0.25) is 0 Å². The number of amides is 2. The molecule has 3 heterocycles. The van der Waals surface area contributed by atoms with E-state index >= 15 is 0 Å². The first-order valence-electron chi connectivity index (χ1n) is 10.7. The SMILES string of the molecule is CC(=O)OCC1=CS[C@@H]2C(N(C(C)=O)c3cccs3)C(=O)N2C1C(=O)OCc1ccc([N+](=O)[O-])cc1. The number of hydrogen-bond acceptors (Lipinski definition) is 10. The van der Waals surface area contributed by atoms with Crippen LogP contribution in [0.1, 0.15) is 19.4 Å². The molecule has 3 atom stereocenters. The molecule has 0 spiro atoms. The molecule has 2 unspecified atom stereocenters. The van der Waals surface area contributed by atoms with Gasteiger partial charge in [-0.2, -0.15) is 0 Å². The first-order valence-corrected chi connectivity index (χ1v) is 12.5. The molecule has 0 radical (unpaired) electrons. The number of nitrogens with zero attached hydrogens (tertiary/aromatic N) is 3. The van der Waals surface area contributed by atoms with Gasteiger partial charge >= 0.3 is 11.9 Å². The summed E-state index contributed by atoms with van der Waals surface area (Å²) in [5.41, 5.74) is 0.800. The van der Waals surface area contributed by atoms with Crippen molar-refractivity contribution in [3.05, 3.63) is 68.4 Å². The molecule has 13 heteroatoms. The van der Waals surface area contributed by atoms with E-state index in [4.69, 9.17) is 9.47 Å².